The lowest BCUT2D eigenvalue weighted by Gasteiger charge is -2.16. The number of nitrogens with one attached hydrogen (secondary N) is 2. The average molecular weight is 477 g/mol. The second-order valence-electron chi connectivity index (χ2n) is 8.72. The van der Waals surface area contributed by atoms with Gasteiger partial charge in [0.05, 0.1) is 11.4 Å². The maximum Gasteiger partial charge on any atom is 0.174 e. The van der Waals surface area contributed by atoms with Crippen molar-refractivity contribution >= 4 is 45.8 Å². The van der Waals surface area contributed by atoms with Crippen molar-refractivity contribution in [1.82, 2.24) is 0 Å². The van der Waals surface area contributed by atoms with Gasteiger partial charge in [0.1, 0.15) is 0 Å². The maximum atomic E-state index is 4.98. The third-order valence-corrected chi connectivity index (χ3v) is 5.51. The zero-order valence-corrected chi connectivity index (χ0v) is 21.2. The smallest absolute Gasteiger partial charge is 0.174 e. The zero-order valence-electron chi connectivity index (χ0n) is 21.2. The molecule has 0 atom stereocenters. The van der Waals surface area contributed by atoms with E-state index in [4.69, 9.17) is 9.98 Å². The summed E-state index contributed by atoms with van der Waals surface area (Å²) in [7, 11) is 8.10. The first-order chi connectivity index (χ1) is 17.5. The molecule has 0 aliphatic heterocycles. The van der Waals surface area contributed by atoms with E-state index in [1.54, 1.807) is 0 Å². The number of aliphatic imine (C=N–C) groups is 2. The molecule has 4 aromatic rings. The summed E-state index contributed by atoms with van der Waals surface area (Å²) in [6.07, 6.45) is 0. The summed E-state index contributed by atoms with van der Waals surface area (Å²) in [6, 6.07) is 36.3. The van der Waals surface area contributed by atoms with E-state index < -0.39 is 0 Å². The molecule has 0 unspecified atom stereocenters. The predicted molar refractivity (Wildman–Crippen MR) is 156 cm³/mol. The van der Waals surface area contributed by atoms with E-state index in [0.717, 1.165) is 34.1 Å². The predicted octanol–water partition coefficient (Wildman–Crippen LogP) is 6.80. The fraction of sp³-hybridized carbons (Fsp3) is 0.133. The monoisotopic (exact) mass is 476 g/mol. The molecule has 0 amide bonds. The van der Waals surface area contributed by atoms with Crippen molar-refractivity contribution in [3.63, 3.8) is 0 Å². The van der Waals surface area contributed by atoms with Crippen LogP contribution in [0.25, 0.3) is 0 Å². The van der Waals surface area contributed by atoms with Crippen LogP contribution < -0.4 is 20.4 Å². The number of hydrogen-bond acceptors (Lipinski definition) is 4. The summed E-state index contributed by atoms with van der Waals surface area (Å²) in [5.74, 6) is 1.22. The Bertz CT molecular complexity index is 1190. The first kappa shape index (κ1) is 24.5. The van der Waals surface area contributed by atoms with Gasteiger partial charge in [-0.1, -0.05) is 36.4 Å². The van der Waals surface area contributed by atoms with Gasteiger partial charge in [-0.25, -0.2) is 9.98 Å². The van der Waals surface area contributed by atoms with Crippen LogP contribution >= 0.6 is 0 Å². The van der Waals surface area contributed by atoms with Crippen molar-refractivity contribution in [1.29, 1.82) is 0 Å². The molecule has 36 heavy (non-hydrogen) atoms. The van der Waals surface area contributed by atoms with Crippen molar-refractivity contribution in [3.05, 3.63) is 109 Å². The fourth-order valence-electron chi connectivity index (χ4n) is 3.51. The minimum Gasteiger partial charge on any atom is -0.378 e. The van der Waals surface area contributed by atoms with Crippen molar-refractivity contribution in [2.75, 3.05) is 48.6 Å². The molecular weight excluding hydrogens is 444 g/mol. The van der Waals surface area contributed by atoms with E-state index >= 15 is 0 Å². The maximum absolute atomic E-state index is 4.98. The number of para-hydroxylation sites is 2. The van der Waals surface area contributed by atoms with E-state index in [1.165, 1.54) is 0 Å². The van der Waals surface area contributed by atoms with Gasteiger partial charge in [0, 0.05) is 50.9 Å². The summed E-state index contributed by atoms with van der Waals surface area (Å²) in [5.41, 5.74) is 5.72. The molecule has 2 N–H and O–H groups in total. The van der Waals surface area contributed by atoms with E-state index in [9.17, 15) is 0 Å². The van der Waals surface area contributed by atoms with Crippen LogP contribution in [0.1, 0.15) is 0 Å². The van der Waals surface area contributed by atoms with Gasteiger partial charge in [-0.05, 0) is 72.8 Å². The summed E-state index contributed by atoms with van der Waals surface area (Å²) >= 11 is 0. The van der Waals surface area contributed by atoms with Crippen molar-refractivity contribution in [2.24, 2.45) is 9.98 Å². The minimum absolute atomic E-state index is 0.611. The zero-order chi connectivity index (χ0) is 25.3. The third kappa shape index (κ3) is 6.73. The molecule has 182 valence electrons. The van der Waals surface area contributed by atoms with Crippen LogP contribution in [0, 0.1) is 0 Å². The lowest BCUT2D eigenvalue weighted by molar-refractivity contribution is 1.13. The number of hydrogen-bond donors (Lipinski definition) is 2. The molecule has 4 rings (SSSR count). The molecule has 0 aromatic heterocycles. The van der Waals surface area contributed by atoms with Crippen molar-refractivity contribution < 1.29 is 0 Å². The van der Waals surface area contributed by atoms with Crippen LogP contribution in [0.3, 0.4) is 0 Å². The van der Waals surface area contributed by atoms with Gasteiger partial charge in [-0.2, -0.15) is 0 Å². The van der Waals surface area contributed by atoms with Crippen molar-refractivity contribution in [3.8, 4) is 0 Å². The topological polar surface area (TPSA) is 55.3 Å². The molecule has 0 heterocycles. The van der Waals surface area contributed by atoms with Gasteiger partial charge in [-0.3, -0.25) is 0 Å². The minimum atomic E-state index is 0.611. The standard InChI is InChI=1S/C30H32N6/c1-35(2)27-19-15-25(16-20-27)33-29(31-23-11-7-5-8-12-23)30(32-24-13-9-6-10-14-24)34-26-17-21-28(22-18-26)36(3)4/h5-22H,1-4H3,(H,31,33)(H,32,34). The molecule has 0 saturated carbocycles. The molecule has 0 radical (unpaired) electrons. The Hall–Kier alpha value is -4.58. The first-order valence-electron chi connectivity index (χ1n) is 11.8. The highest BCUT2D eigenvalue weighted by Gasteiger charge is 2.12. The van der Waals surface area contributed by atoms with Crippen LogP contribution in [0.5, 0.6) is 0 Å². The van der Waals surface area contributed by atoms with Gasteiger partial charge in [0.2, 0.25) is 0 Å². The summed E-state index contributed by atoms with van der Waals surface area (Å²) in [4.78, 5) is 14.1. The summed E-state index contributed by atoms with van der Waals surface area (Å²) < 4.78 is 0. The van der Waals surface area contributed by atoms with E-state index in [0.29, 0.717) is 11.7 Å². The lowest BCUT2D eigenvalue weighted by Crippen LogP contribution is -2.29. The van der Waals surface area contributed by atoms with Crippen LogP contribution in [-0.2, 0) is 0 Å². The quantitative estimate of drug-likeness (QED) is 0.237. The Labute approximate surface area is 213 Å². The highest BCUT2D eigenvalue weighted by atomic mass is 15.1. The van der Waals surface area contributed by atoms with Gasteiger partial charge in [0.25, 0.3) is 0 Å². The second-order valence-corrected chi connectivity index (χ2v) is 8.72. The Morgan fingerprint density at radius 3 is 1.11 bits per heavy atom. The summed E-state index contributed by atoms with van der Waals surface area (Å²) in [5, 5.41) is 6.95. The van der Waals surface area contributed by atoms with Crippen LogP contribution in [0.2, 0.25) is 0 Å². The first-order valence-corrected chi connectivity index (χ1v) is 11.8. The molecule has 0 bridgehead atoms. The van der Waals surface area contributed by atoms with Gasteiger partial charge >= 0.3 is 0 Å². The van der Waals surface area contributed by atoms with E-state index in [-0.39, 0.29) is 0 Å². The average Bonchev–Trinajstić information content (AvgIpc) is 2.90. The van der Waals surface area contributed by atoms with Crippen LogP contribution in [0.4, 0.5) is 34.1 Å². The molecule has 0 aliphatic carbocycles. The molecule has 0 spiro atoms. The van der Waals surface area contributed by atoms with Crippen molar-refractivity contribution in [2.45, 2.75) is 0 Å². The molecule has 0 aliphatic rings. The van der Waals surface area contributed by atoms with Gasteiger partial charge in [-0.15, -0.1) is 0 Å². The SMILES string of the molecule is CN(C)c1ccc(N=C(Nc2ccccc2)C(=Nc2ccc(N(C)C)cc2)Nc2ccccc2)cc1. The molecule has 0 saturated heterocycles. The van der Waals surface area contributed by atoms with Gasteiger partial charge < -0.3 is 20.4 Å². The third-order valence-electron chi connectivity index (χ3n) is 5.51. The lowest BCUT2D eigenvalue weighted by atomic mass is 10.2. The number of nitrogens with zero attached hydrogens (tertiary/aromatic N) is 4. The fourth-order valence-corrected chi connectivity index (χ4v) is 3.51. The normalized spacial score (nSPS) is 11.7. The Balaban J connectivity index is 1.79. The van der Waals surface area contributed by atoms with E-state index in [1.807, 2.05) is 113 Å². The molecule has 4 aromatic carbocycles. The highest BCUT2D eigenvalue weighted by Crippen LogP contribution is 2.22. The number of anilines is 4. The van der Waals surface area contributed by atoms with E-state index in [2.05, 4.69) is 44.7 Å². The van der Waals surface area contributed by atoms with Crippen LogP contribution in [0.15, 0.2) is 119 Å². The van der Waals surface area contributed by atoms with Gasteiger partial charge in [0.15, 0.2) is 11.7 Å². The number of rotatable bonds is 6. The Morgan fingerprint density at radius 2 is 0.806 bits per heavy atom. The number of benzene rings is 4. The summed E-state index contributed by atoms with van der Waals surface area (Å²) in [6.45, 7) is 0. The highest BCUT2D eigenvalue weighted by molar-refractivity contribution is 6.49. The number of amidine groups is 2. The Kier molecular flexibility index (Phi) is 7.98. The second kappa shape index (κ2) is 11.7. The largest absolute Gasteiger partial charge is 0.378 e. The molecular formula is C30H32N6. The Morgan fingerprint density at radius 1 is 0.472 bits per heavy atom. The molecule has 6 nitrogen and oxygen atoms in total. The molecule has 0 fully saturated rings. The van der Waals surface area contributed by atoms with Crippen LogP contribution in [-0.4, -0.2) is 39.9 Å². The molecule has 6 heteroatoms.